The largest absolute Gasteiger partial charge is 0.306 e. The van der Waals surface area contributed by atoms with Crippen LogP contribution >= 0.6 is 0 Å². The number of aromatic nitrogens is 1. The van der Waals surface area contributed by atoms with Crippen LogP contribution in [0.2, 0.25) is 0 Å². The third-order valence-electron chi connectivity index (χ3n) is 2.36. The number of carbonyl (C=O) groups is 1. The lowest BCUT2D eigenvalue weighted by Gasteiger charge is -2.05. The molecule has 1 aromatic carbocycles. The Morgan fingerprint density at radius 2 is 2.00 bits per heavy atom. The maximum absolute atomic E-state index is 13.5. The average Bonchev–Trinajstić information content (AvgIpc) is 2.38. The van der Waals surface area contributed by atoms with Crippen LogP contribution < -0.4 is 5.32 Å². The van der Waals surface area contributed by atoms with Crippen LogP contribution in [-0.4, -0.2) is 15.8 Å². The van der Waals surface area contributed by atoms with E-state index in [9.17, 15) is 23.7 Å². The summed E-state index contributed by atoms with van der Waals surface area (Å²) in [5.41, 5.74) is -0.950. The summed E-state index contributed by atoms with van der Waals surface area (Å²) in [4.78, 5) is 25.0. The number of halogens is 2. The molecule has 0 aliphatic carbocycles. The minimum atomic E-state index is -0.954. The van der Waals surface area contributed by atoms with E-state index in [2.05, 4.69) is 10.3 Å². The van der Waals surface area contributed by atoms with E-state index in [0.29, 0.717) is 0 Å². The Kier molecular flexibility index (Phi) is 3.65. The van der Waals surface area contributed by atoms with Crippen LogP contribution in [-0.2, 0) is 0 Å². The van der Waals surface area contributed by atoms with Crippen LogP contribution in [0.25, 0.3) is 0 Å². The van der Waals surface area contributed by atoms with Crippen molar-refractivity contribution < 1.29 is 18.5 Å². The highest BCUT2D eigenvalue weighted by Crippen LogP contribution is 2.18. The van der Waals surface area contributed by atoms with E-state index >= 15 is 0 Å². The average molecular weight is 279 g/mol. The van der Waals surface area contributed by atoms with Gasteiger partial charge >= 0.3 is 0 Å². The maximum atomic E-state index is 13.5. The number of pyridine rings is 1. The number of carbonyl (C=O) groups excluding carboxylic acids is 1. The summed E-state index contributed by atoms with van der Waals surface area (Å²) in [5, 5.41) is 12.7. The van der Waals surface area contributed by atoms with Crippen molar-refractivity contribution >= 4 is 17.4 Å². The summed E-state index contributed by atoms with van der Waals surface area (Å²) in [6.07, 6.45) is 0. The Morgan fingerprint density at radius 3 is 2.65 bits per heavy atom. The first-order valence-corrected chi connectivity index (χ1v) is 5.35. The zero-order chi connectivity index (χ0) is 14.7. The number of nitrogens with zero attached hydrogens (tertiary/aromatic N) is 2. The molecule has 1 aromatic heterocycles. The van der Waals surface area contributed by atoms with Gasteiger partial charge in [-0.25, -0.2) is 9.37 Å². The lowest BCUT2D eigenvalue weighted by atomic mass is 10.1. The highest BCUT2D eigenvalue weighted by Gasteiger charge is 2.17. The SMILES string of the molecule is O=C(Nc1cccc(F)n1)c1cc([N+](=O)[O-])ccc1F. The van der Waals surface area contributed by atoms with Gasteiger partial charge in [0.05, 0.1) is 10.5 Å². The number of hydrogen-bond donors (Lipinski definition) is 1. The summed E-state index contributed by atoms with van der Waals surface area (Å²) in [6, 6.07) is 6.23. The van der Waals surface area contributed by atoms with E-state index < -0.39 is 33.8 Å². The van der Waals surface area contributed by atoms with Gasteiger partial charge in [-0.1, -0.05) is 6.07 Å². The third kappa shape index (κ3) is 2.91. The highest BCUT2D eigenvalue weighted by atomic mass is 19.1. The van der Waals surface area contributed by atoms with E-state index in [1.807, 2.05) is 0 Å². The monoisotopic (exact) mass is 279 g/mol. The van der Waals surface area contributed by atoms with Gasteiger partial charge in [0.25, 0.3) is 11.6 Å². The molecular formula is C12H7F2N3O3. The second-order valence-electron chi connectivity index (χ2n) is 3.72. The highest BCUT2D eigenvalue weighted by molar-refractivity contribution is 6.04. The van der Waals surface area contributed by atoms with Crippen LogP contribution in [0.1, 0.15) is 10.4 Å². The van der Waals surface area contributed by atoms with E-state index in [1.54, 1.807) is 0 Å². The number of anilines is 1. The minimum absolute atomic E-state index is 0.124. The standard InChI is InChI=1S/C12H7F2N3O3/c13-9-5-4-7(17(19)20)6-8(9)12(18)16-11-3-1-2-10(14)15-11/h1-6H,(H,15,16,18). The minimum Gasteiger partial charge on any atom is -0.306 e. The first-order chi connectivity index (χ1) is 9.47. The lowest BCUT2D eigenvalue weighted by molar-refractivity contribution is -0.384. The molecule has 0 radical (unpaired) electrons. The molecule has 1 N–H and O–H groups in total. The number of amides is 1. The Labute approximate surface area is 111 Å². The summed E-state index contributed by atoms with van der Waals surface area (Å²) in [5.74, 6) is -2.82. The van der Waals surface area contributed by atoms with Crippen LogP contribution in [0.15, 0.2) is 36.4 Å². The molecule has 2 aromatic rings. The van der Waals surface area contributed by atoms with Gasteiger partial charge in [-0.3, -0.25) is 14.9 Å². The number of hydrogen-bond acceptors (Lipinski definition) is 4. The predicted octanol–water partition coefficient (Wildman–Crippen LogP) is 2.52. The molecule has 0 aliphatic heterocycles. The Morgan fingerprint density at radius 1 is 1.25 bits per heavy atom. The molecule has 0 spiro atoms. The Balaban J connectivity index is 2.29. The summed E-state index contributed by atoms with van der Waals surface area (Å²) < 4.78 is 26.3. The molecule has 0 aliphatic rings. The number of non-ortho nitro benzene ring substituents is 1. The van der Waals surface area contributed by atoms with E-state index in [0.717, 1.165) is 24.3 Å². The van der Waals surface area contributed by atoms with Gasteiger partial charge in [-0.05, 0) is 18.2 Å². The summed E-state index contributed by atoms with van der Waals surface area (Å²) in [6.45, 7) is 0. The van der Waals surface area contributed by atoms with Crippen molar-refractivity contribution in [2.45, 2.75) is 0 Å². The van der Waals surface area contributed by atoms with Crippen molar-refractivity contribution in [2.24, 2.45) is 0 Å². The van der Waals surface area contributed by atoms with Crippen molar-refractivity contribution in [1.29, 1.82) is 0 Å². The second kappa shape index (κ2) is 5.39. The molecule has 0 unspecified atom stereocenters. The first-order valence-electron chi connectivity index (χ1n) is 5.35. The van der Waals surface area contributed by atoms with Crippen LogP contribution in [0, 0.1) is 21.9 Å². The Hall–Kier alpha value is -2.90. The number of rotatable bonds is 3. The molecular weight excluding hydrogens is 272 g/mol. The summed E-state index contributed by atoms with van der Waals surface area (Å²) >= 11 is 0. The quantitative estimate of drug-likeness (QED) is 0.531. The van der Waals surface area contributed by atoms with Gasteiger partial charge in [0, 0.05) is 12.1 Å². The second-order valence-corrected chi connectivity index (χ2v) is 3.72. The zero-order valence-electron chi connectivity index (χ0n) is 9.84. The maximum Gasteiger partial charge on any atom is 0.270 e. The van der Waals surface area contributed by atoms with Crippen molar-refractivity contribution in [1.82, 2.24) is 4.98 Å². The normalized spacial score (nSPS) is 10.1. The lowest BCUT2D eigenvalue weighted by Crippen LogP contribution is -2.15. The van der Waals surface area contributed by atoms with Crippen LogP contribution in [0.5, 0.6) is 0 Å². The first kappa shape index (κ1) is 13.5. The molecule has 0 bridgehead atoms. The predicted molar refractivity (Wildman–Crippen MR) is 65.2 cm³/mol. The molecule has 20 heavy (non-hydrogen) atoms. The fourth-order valence-electron chi connectivity index (χ4n) is 1.46. The van der Waals surface area contributed by atoms with E-state index in [4.69, 9.17) is 0 Å². The fourth-order valence-corrected chi connectivity index (χ4v) is 1.46. The van der Waals surface area contributed by atoms with Gasteiger partial charge < -0.3 is 5.32 Å². The molecule has 6 nitrogen and oxygen atoms in total. The molecule has 1 amide bonds. The van der Waals surface area contributed by atoms with Crippen LogP contribution in [0.3, 0.4) is 0 Å². The third-order valence-corrected chi connectivity index (χ3v) is 2.36. The molecule has 0 saturated carbocycles. The van der Waals surface area contributed by atoms with E-state index in [-0.39, 0.29) is 5.82 Å². The molecule has 2 rings (SSSR count). The van der Waals surface area contributed by atoms with E-state index in [1.165, 1.54) is 12.1 Å². The molecule has 102 valence electrons. The smallest absolute Gasteiger partial charge is 0.270 e. The van der Waals surface area contributed by atoms with Gasteiger partial charge in [0.15, 0.2) is 0 Å². The zero-order valence-corrected chi connectivity index (χ0v) is 9.84. The fraction of sp³-hybridized carbons (Fsp3) is 0. The van der Waals surface area contributed by atoms with Crippen molar-refractivity contribution in [2.75, 3.05) is 5.32 Å². The number of nitro groups is 1. The van der Waals surface area contributed by atoms with Crippen molar-refractivity contribution in [3.8, 4) is 0 Å². The molecule has 0 saturated heterocycles. The van der Waals surface area contributed by atoms with Gasteiger partial charge in [-0.2, -0.15) is 4.39 Å². The molecule has 0 atom stereocenters. The van der Waals surface area contributed by atoms with Crippen molar-refractivity contribution in [3.05, 3.63) is 63.8 Å². The molecule has 0 fully saturated rings. The van der Waals surface area contributed by atoms with Crippen LogP contribution in [0.4, 0.5) is 20.3 Å². The van der Waals surface area contributed by atoms with Gasteiger partial charge in [-0.15, -0.1) is 0 Å². The van der Waals surface area contributed by atoms with Gasteiger partial charge in [0.2, 0.25) is 5.95 Å². The number of benzene rings is 1. The molecule has 1 heterocycles. The number of nitrogens with one attached hydrogen (secondary N) is 1. The molecule has 8 heteroatoms. The van der Waals surface area contributed by atoms with Crippen molar-refractivity contribution in [3.63, 3.8) is 0 Å². The van der Waals surface area contributed by atoms with Gasteiger partial charge in [0.1, 0.15) is 11.6 Å². The summed E-state index contributed by atoms with van der Waals surface area (Å²) in [7, 11) is 0. The Bertz CT molecular complexity index is 691. The topological polar surface area (TPSA) is 85.1 Å². The number of nitro benzene ring substituents is 1.